The largest absolute Gasteiger partial charge is 0.345 e. The van der Waals surface area contributed by atoms with E-state index in [0.717, 1.165) is 5.56 Å². The van der Waals surface area contributed by atoms with E-state index in [9.17, 15) is 14.4 Å². The molecule has 0 spiro atoms. The average molecular weight is 454 g/mol. The molecule has 0 bridgehead atoms. The number of fused-ring (bicyclic) bond motifs is 1. The number of aryl methyl sites for hydroxylation is 1. The van der Waals surface area contributed by atoms with Gasteiger partial charge >= 0.3 is 0 Å². The van der Waals surface area contributed by atoms with Crippen LogP contribution in [0.4, 0.5) is 22.7 Å². The van der Waals surface area contributed by atoms with E-state index in [1.807, 2.05) is 6.92 Å². The number of ketones is 1. The summed E-state index contributed by atoms with van der Waals surface area (Å²) in [5.41, 5.74) is 6.68. The van der Waals surface area contributed by atoms with E-state index in [1.165, 1.54) is 4.90 Å². The zero-order valence-electron chi connectivity index (χ0n) is 18.9. The second-order valence-electron chi connectivity index (χ2n) is 7.85. The van der Waals surface area contributed by atoms with Gasteiger partial charge in [0.05, 0.1) is 22.7 Å². The van der Waals surface area contributed by atoms with E-state index in [-0.39, 0.29) is 11.6 Å². The van der Waals surface area contributed by atoms with Gasteiger partial charge in [0.2, 0.25) is 5.78 Å². The lowest BCUT2D eigenvalue weighted by molar-refractivity contribution is -0.110. The highest BCUT2D eigenvalue weighted by molar-refractivity contribution is 6.72. The Morgan fingerprint density at radius 2 is 1.68 bits per heavy atom. The number of hydrogen-bond acceptors (Lipinski definition) is 7. The first kappa shape index (κ1) is 22.5. The molecule has 9 nitrogen and oxygen atoms in total. The maximum atomic E-state index is 12.6. The fraction of sp³-hybridized carbons (Fsp3) is 0.120. The zero-order valence-corrected chi connectivity index (χ0v) is 18.9. The molecule has 0 saturated carbocycles. The molecule has 0 atom stereocenters. The molecule has 9 heteroatoms. The van der Waals surface area contributed by atoms with Crippen molar-refractivity contribution in [1.82, 2.24) is 4.90 Å². The number of hydrazone groups is 1. The molecule has 0 aliphatic carbocycles. The number of para-hydroxylation sites is 1. The summed E-state index contributed by atoms with van der Waals surface area (Å²) in [4.78, 5) is 38.4. The number of benzene rings is 3. The number of nitrogens with zero attached hydrogens (tertiary/aromatic N) is 4. The van der Waals surface area contributed by atoms with Crippen LogP contribution < -0.4 is 10.7 Å². The van der Waals surface area contributed by atoms with Crippen molar-refractivity contribution in [1.29, 1.82) is 0 Å². The van der Waals surface area contributed by atoms with Crippen molar-refractivity contribution in [2.24, 2.45) is 15.3 Å². The lowest BCUT2D eigenvalue weighted by atomic mass is 10.0. The Kier molecular flexibility index (Phi) is 6.26. The third-order valence-corrected chi connectivity index (χ3v) is 5.14. The summed E-state index contributed by atoms with van der Waals surface area (Å²) in [5.74, 6) is -1.08. The summed E-state index contributed by atoms with van der Waals surface area (Å²) in [7, 11) is 3.40. The number of rotatable bonds is 5. The van der Waals surface area contributed by atoms with Gasteiger partial charge in [-0.25, -0.2) is 0 Å². The third-order valence-electron chi connectivity index (χ3n) is 5.14. The van der Waals surface area contributed by atoms with Crippen molar-refractivity contribution in [3.63, 3.8) is 0 Å². The molecule has 0 fully saturated rings. The normalized spacial score (nSPS) is 14.1. The third kappa shape index (κ3) is 4.73. The van der Waals surface area contributed by atoms with Gasteiger partial charge in [0.25, 0.3) is 11.8 Å². The molecule has 0 aromatic heterocycles. The maximum absolute atomic E-state index is 12.6. The lowest BCUT2D eigenvalue weighted by Gasteiger charge is -2.16. The molecule has 3 aromatic carbocycles. The Bertz CT molecular complexity index is 1340. The van der Waals surface area contributed by atoms with Gasteiger partial charge in [-0.3, -0.25) is 19.8 Å². The minimum absolute atomic E-state index is 0.0809. The minimum Gasteiger partial charge on any atom is -0.345 e. The van der Waals surface area contributed by atoms with Gasteiger partial charge in [-0.2, -0.15) is 15.3 Å². The van der Waals surface area contributed by atoms with Crippen LogP contribution in [0.25, 0.3) is 0 Å². The van der Waals surface area contributed by atoms with Gasteiger partial charge in [-0.1, -0.05) is 12.1 Å². The maximum Gasteiger partial charge on any atom is 0.280 e. The number of nitrogens with one attached hydrogen (secondary N) is 2. The molecule has 170 valence electrons. The molecular weight excluding hydrogens is 432 g/mol. The van der Waals surface area contributed by atoms with Crippen LogP contribution in [0.1, 0.15) is 26.3 Å². The second kappa shape index (κ2) is 9.45. The Hall–Kier alpha value is -4.66. The van der Waals surface area contributed by atoms with Crippen LogP contribution in [0.15, 0.2) is 82.1 Å². The SMILES string of the molecule is Cc1cc(NN=C2C(=O)Nc3ccccc3C2=O)ccc1N=Nc1ccc(C(=O)N(C)C)cc1. The van der Waals surface area contributed by atoms with E-state index in [1.54, 1.807) is 80.8 Å². The summed E-state index contributed by atoms with van der Waals surface area (Å²) in [6, 6.07) is 18.9. The van der Waals surface area contributed by atoms with E-state index in [0.29, 0.717) is 33.9 Å². The number of amides is 2. The molecule has 2 N–H and O–H groups in total. The Morgan fingerprint density at radius 1 is 0.941 bits per heavy atom. The van der Waals surface area contributed by atoms with Crippen molar-refractivity contribution in [2.75, 3.05) is 24.8 Å². The second-order valence-corrected chi connectivity index (χ2v) is 7.85. The van der Waals surface area contributed by atoms with Crippen LogP contribution in [0, 0.1) is 6.92 Å². The smallest absolute Gasteiger partial charge is 0.280 e. The van der Waals surface area contributed by atoms with Crippen LogP contribution in [0.2, 0.25) is 0 Å². The predicted octanol–water partition coefficient (Wildman–Crippen LogP) is 4.72. The van der Waals surface area contributed by atoms with Gasteiger partial charge in [0, 0.05) is 25.2 Å². The molecule has 34 heavy (non-hydrogen) atoms. The zero-order chi connectivity index (χ0) is 24.2. The lowest BCUT2D eigenvalue weighted by Crippen LogP contribution is -2.36. The van der Waals surface area contributed by atoms with Crippen molar-refractivity contribution in [3.8, 4) is 0 Å². The van der Waals surface area contributed by atoms with Gasteiger partial charge in [0.15, 0.2) is 5.71 Å². The van der Waals surface area contributed by atoms with Crippen LogP contribution in [-0.2, 0) is 4.79 Å². The van der Waals surface area contributed by atoms with Crippen molar-refractivity contribution < 1.29 is 14.4 Å². The van der Waals surface area contributed by atoms with E-state index < -0.39 is 11.7 Å². The number of azo groups is 1. The molecule has 0 unspecified atom stereocenters. The quantitative estimate of drug-likeness (QED) is 0.429. The fourth-order valence-corrected chi connectivity index (χ4v) is 3.30. The Morgan fingerprint density at radius 3 is 2.38 bits per heavy atom. The van der Waals surface area contributed by atoms with Crippen LogP contribution in [0.3, 0.4) is 0 Å². The first-order valence-corrected chi connectivity index (χ1v) is 10.5. The molecular formula is C25H22N6O3. The highest BCUT2D eigenvalue weighted by Crippen LogP contribution is 2.26. The molecule has 4 rings (SSSR count). The highest BCUT2D eigenvalue weighted by Gasteiger charge is 2.30. The summed E-state index contributed by atoms with van der Waals surface area (Å²) < 4.78 is 0. The predicted molar refractivity (Wildman–Crippen MR) is 130 cm³/mol. The molecule has 3 aromatic rings. The number of hydrogen-bond donors (Lipinski definition) is 2. The number of anilines is 2. The van der Waals surface area contributed by atoms with E-state index >= 15 is 0 Å². The van der Waals surface area contributed by atoms with Gasteiger partial charge in [-0.05, 0) is 67.1 Å². The number of Topliss-reactive ketones (excluding diaryl/α,β-unsaturated/α-hetero) is 1. The molecule has 1 aliphatic rings. The average Bonchev–Trinajstić information content (AvgIpc) is 2.83. The standard InChI is InChI=1S/C25H22N6O3/c1-15-14-18(28-30-22-23(32)19-6-4-5-7-21(19)26-24(22)33)12-13-20(15)29-27-17-10-8-16(9-11-17)25(34)31(2)3/h4-14,28H,1-3H3,(H,26,33). The molecule has 1 heterocycles. The molecule has 2 amide bonds. The van der Waals surface area contributed by atoms with Gasteiger partial charge < -0.3 is 10.2 Å². The van der Waals surface area contributed by atoms with Gasteiger partial charge in [-0.15, -0.1) is 0 Å². The fourth-order valence-electron chi connectivity index (χ4n) is 3.30. The van der Waals surface area contributed by atoms with E-state index in [2.05, 4.69) is 26.1 Å². The molecule has 0 radical (unpaired) electrons. The van der Waals surface area contributed by atoms with Crippen molar-refractivity contribution >= 4 is 46.1 Å². The van der Waals surface area contributed by atoms with Crippen LogP contribution >= 0.6 is 0 Å². The van der Waals surface area contributed by atoms with Crippen molar-refractivity contribution in [2.45, 2.75) is 6.92 Å². The molecule has 0 saturated heterocycles. The summed E-state index contributed by atoms with van der Waals surface area (Å²) >= 11 is 0. The number of carbonyl (C=O) groups is 3. The van der Waals surface area contributed by atoms with Crippen molar-refractivity contribution in [3.05, 3.63) is 83.4 Å². The van der Waals surface area contributed by atoms with Crippen LogP contribution in [0.5, 0.6) is 0 Å². The van der Waals surface area contributed by atoms with E-state index in [4.69, 9.17) is 0 Å². The summed E-state index contributed by atoms with van der Waals surface area (Å²) in [6.45, 7) is 1.86. The molecule has 1 aliphatic heterocycles. The summed E-state index contributed by atoms with van der Waals surface area (Å²) in [6.07, 6.45) is 0. The highest BCUT2D eigenvalue weighted by atomic mass is 16.2. The van der Waals surface area contributed by atoms with Gasteiger partial charge in [0.1, 0.15) is 0 Å². The summed E-state index contributed by atoms with van der Waals surface area (Å²) in [5, 5.41) is 15.2. The first-order chi connectivity index (χ1) is 16.3. The Labute approximate surface area is 196 Å². The van der Waals surface area contributed by atoms with Crippen LogP contribution in [-0.4, -0.2) is 42.3 Å². The monoisotopic (exact) mass is 454 g/mol. The topological polar surface area (TPSA) is 116 Å². The minimum atomic E-state index is -0.559. The Balaban J connectivity index is 1.46. The first-order valence-electron chi connectivity index (χ1n) is 10.5. The number of carbonyl (C=O) groups excluding carboxylic acids is 3.